The number of benzene rings is 2. The molecule has 0 spiro atoms. The van der Waals surface area contributed by atoms with Crippen LogP contribution in [0.4, 0.5) is 0 Å². The minimum absolute atomic E-state index is 0.160. The Hall–Kier alpha value is -2.46. The Balaban J connectivity index is 2.11. The summed E-state index contributed by atoms with van der Waals surface area (Å²) in [4.78, 5) is 17.1. The fraction of sp³-hybridized carbons (Fsp3) is 0.118. The summed E-state index contributed by atoms with van der Waals surface area (Å²) >= 11 is 5.86. The topological polar surface area (TPSA) is 47.2 Å². The molecule has 0 amide bonds. The highest BCUT2D eigenvalue weighted by Crippen LogP contribution is 2.10. The van der Waals surface area contributed by atoms with Crippen molar-refractivity contribution in [3.05, 3.63) is 75.3 Å². The molecule has 110 valence electrons. The fourth-order valence-electron chi connectivity index (χ4n) is 2.19. The van der Waals surface area contributed by atoms with Crippen molar-refractivity contribution in [2.24, 2.45) is 5.10 Å². The predicted molar refractivity (Wildman–Crippen MR) is 89.8 cm³/mol. The van der Waals surface area contributed by atoms with E-state index in [0.717, 1.165) is 5.56 Å². The summed E-state index contributed by atoms with van der Waals surface area (Å²) in [5, 5.41) is 5.53. The van der Waals surface area contributed by atoms with Gasteiger partial charge >= 0.3 is 0 Å². The number of nitrogens with zero attached hydrogens (tertiary/aromatic N) is 3. The lowest BCUT2D eigenvalue weighted by molar-refractivity contribution is 0.735. The van der Waals surface area contributed by atoms with Gasteiger partial charge in [-0.05, 0) is 29.8 Å². The Morgan fingerprint density at radius 1 is 1.18 bits per heavy atom. The van der Waals surface area contributed by atoms with Gasteiger partial charge in [-0.25, -0.2) is 4.98 Å². The highest BCUT2D eigenvalue weighted by atomic mass is 35.5. The smallest absolute Gasteiger partial charge is 0.267 e. The first kappa shape index (κ1) is 14.5. The molecule has 0 aliphatic carbocycles. The van der Waals surface area contributed by atoms with Crippen LogP contribution in [0.5, 0.6) is 0 Å². The average molecular weight is 312 g/mol. The summed E-state index contributed by atoms with van der Waals surface area (Å²) in [6.07, 6.45) is 2.26. The maximum Gasteiger partial charge on any atom is 0.282 e. The van der Waals surface area contributed by atoms with E-state index in [1.807, 2.05) is 37.3 Å². The highest BCUT2D eigenvalue weighted by Gasteiger charge is 2.08. The lowest BCUT2D eigenvalue weighted by Crippen LogP contribution is -2.22. The zero-order valence-electron chi connectivity index (χ0n) is 12.0. The normalized spacial score (nSPS) is 11.4. The molecule has 1 aromatic heterocycles. The first-order valence-corrected chi connectivity index (χ1v) is 7.37. The standard InChI is InChI=1S/C17H14ClN3O/c1-2-16-20-15-6-4-3-5-14(15)17(22)21(16)19-11-12-7-9-13(18)10-8-12/h3-11H,2H2,1H3/b19-11+. The molecule has 0 saturated carbocycles. The van der Waals surface area contributed by atoms with Gasteiger partial charge in [-0.1, -0.05) is 42.8 Å². The molecule has 0 aliphatic heterocycles. The summed E-state index contributed by atoms with van der Waals surface area (Å²) in [5.41, 5.74) is 1.40. The summed E-state index contributed by atoms with van der Waals surface area (Å²) in [7, 11) is 0. The molecule has 3 rings (SSSR count). The van der Waals surface area contributed by atoms with Crippen LogP contribution < -0.4 is 5.56 Å². The van der Waals surface area contributed by atoms with Crippen LogP contribution in [-0.2, 0) is 6.42 Å². The molecule has 0 bridgehead atoms. The molecule has 5 heteroatoms. The second-order valence-electron chi connectivity index (χ2n) is 4.81. The van der Waals surface area contributed by atoms with E-state index in [-0.39, 0.29) is 5.56 Å². The van der Waals surface area contributed by atoms with Crippen molar-refractivity contribution in [1.29, 1.82) is 0 Å². The van der Waals surface area contributed by atoms with Crippen LogP contribution >= 0.6 is 11.6 Å². The average Bonchev–Trinajstić information content (AvgIpc) is 2.55. The molecular formula is C17H14ClN3O. The van der Waals surface area contributed by atoms with E-state index in [9.17, 15) is 4.79 Å². The van der Waals surface area contributed by atoms with Gasteiger partial charge in [0.25, 0.3) is 5.56 Å². The van der Waals surface area contributed by atoms with Gasteiger partial charge < -0.3 is 0 Å². The maximum absolute atomic E-state index is 12.6. The molecule has 22 heavy (non-hydrogen) atoms. The van der Waals surface area contributed by atoms with Crippen molar-refractivity contribution < 1.29 is 0 Å². The third-order valence-corrected chi connectivity index (χ3v) is 3.58. The fourth-order valence-corrected chi connectivity index (χ4v) is 2.32. The molecule has 0 radical (unpaired) electrons. The minimum Gasteiger partial charge on any atom is -0.267 e. The number of fused-ring (bicyclic) bond motifs is 1. The summed E-state index contributed by atoms with van der Waals surface area (Å²) in [5.74, 6) is 0.633. The van der Waals surface area contributed by atoms with Gasteiger partial charge in [-0.3, -0.25) is 4.79 Å². The van der Waals surface area contributed by atoms with E-state index in [1.54, 1.807) is 24.4 Å². The van der Waals surface area contributed by atoms with Crippen molar-refractivity contribution in [1.82, 2.24) is 9.66 Å². The van der Waals surface area contributed by atoms with E-state index in [2.05, 4.69) is 10.1 Å². The van der Waals surface area contributed by atoms with Crippen LogP contribution in [0.25, 0.3) is 10.9 Å². The second kappa shape index (κ2) is 6.12. The number of rotatable bonds is 3. The molecule has 2 aromatic carbocycles. The van der Waals surface area contributed by atoms with E-state index < -0.39 is 0 Å². The largest absolute Gasteiger partial charge is 0.282 e. The number of aromatic nitrogens is 2. The first-order chi connectivity index (χ1) is 10.7. The van der Waals surface area contributed by atoms with E-state index >= 15 is 0 Å². The number of halogens is 1. The summed E-state index contributed by atoms with van der Waals surface area (Å²) in [6, 6.07) is 14.5. The molecular weight excluding hydrogens is 298 g/mol. The minimum atomic E-state index is -0.160. The molecule has 4 nitrogen and oxygen atoms in total. The SMILES string of the molecule is CCc1nc2ccccc2c(=O)n1/N=C/c1ccc(Cl)cc1. The molecule has 0 atom stereocenters. The molecule has 0 aliphatic rings. The highest BCUT2D eigenvalue weighted by molar-refractivity contribution is 6.30. The van der Waals surface area contributed by atoms with Gasteiger partial charge in [0, 0.05) is 11.4 Å². The predicted octanol–water partition coefficient (Wildman–Crippen LogP) is 3.49. The van der Waals surface area contributed by atoms with Crippen LogP contribution in [0.1, 0.15) is 18.3 Å². The number of para-hydroxylation sites is 1. The van der Waals surface area contributed by atoms with Gasteiger partial charge in [0.1, 0.15) is 5.82 Å². The van der Waals surface area contributed by atoms with Gasteiger partial charge in [0.2, 0.25) is 0 Å². The van der Waals surface area contributed by atoms with Crippen LogP contribution in [-0.4, -0.2) is 15.9 Å². The number of hydrogen-bond acceptors (Lipinski definition) is 3. The lowest BCUT2D eigenvalue weighted by Gasteiger charge is -2.07. The van der Waals surface area contributed by atoms with Crippen molar-refractivity contribution >= 4 is 28.7 Å². The Morgan fingerprint density at radius 3 is 2.64 bits per heavy atom. The van der Waals surface area contributed by atoms with Crippen LogP contribution in [0, 0.1) is 0 Å². The summed E-state index contributed by atoms with van der Waals surface area (Å²) in [6.45, 7) is 1.95. The van der Waals surface area contributed by atoms with Gasteiger partial charge in [0.15, 0.2) is 0 Å². The zero-order valence-corrected chi connectivity index (χ0v) is 12.8. The Morgan fingerprint density at radius 2 is 1.91 bits per heavy atom. The molecule has 0 saturated heterocycles. The zero-order chi connectivity index (χ0) is 15.5. The summed E-state index contributed by atoms with van der Waals surface area (Å²) < 4.78 is 1.36. The number of hydrogen-bond donors (Lipinski definition) is 0. The molecule has 3 aromatic rings. The van der Waals surface area contributed by atoms with E-state index in [0.29, 0.717) is 28.2 Å². The second-order valence-corrected chi connectivity index (χ2v) is 5.25. The van der Waals surface area contributed by atoms with Crippen molar-refractivity contribution in [2.75, 3.05) is 0 Å². The Labute approximate surface area is 132 Å². The molecule has 0 unspecified atom stereocenters. The van der Waals surface area contributed by atoms with Crippen molar-refractivity contribution in [3.63, 3.8) is 0 Å². The van der Waals surface area contributed by atoms with Crippen LogP contribution in [0.15, 0.2) is 58.4 Å². The van der Waals surface area contributed by atoms with E-state index in [4.69, 9.17) is 11.6 Å². The van der Waals surface area contributed by atoms with Crippen LogP contribution in [0.3, 0.4) is 0 Å². The third-order valence-electron chi connectivity index (χ3n) is 3.33. The van der Waals surface area contributed by atoms with Gasteiger partial charge in [-0.15, -0.1) is 0 Å². The quantitative estimate of drug-likeness (QED) is 0.695. The molecule has 1 heterocycles. The van der Waals surface area contributed by atoms with Gasteiger partial charge in [-0.2, -0.15) is 9.78 Å². The maximum atomic E-state index is 12.6. The molecule has 0 N–H and O–H groups in total. The van der Waals surface area contributed by atoms with Crippen molar-refractivity contribution in [2.45, 2.75) is 13.3 Å². The monoisotopic (exact) mass is 311 g/mol. The third kappa shape index (κ3) is 2.78. The van der Waals surface area contributed by atoms with Gasteiger partial charge in [0.05, 0.1) is 17.1 Å². The van der Waals surface area contributed by atoms with Crippen molar-refractivity contribution in [3.8, 4) is 0 Å². The Kier molecular flexibility index (Phi) is 4.02. The lowest BCUT2D eigenvalue weighted by atomic mass is 10.2. The first-order valence-electron chi connectivity index (χ1n) is 6.99. The number of aryl methyl sites for hydroxylation is 1. The molecule has 0 fully saturated rings. The Bertz CT molecular complexity index is 898. The van der Waals surface area contributed by atoms with E-state index in [1.165, 1.54) is 4.68 Å². The van der Waals surface area contributed by atoms with Crippen LogP contribution in [0.2, 0.25) is 5.02 Å².